The van der Waals surface area contributed by atoms with Crippen molar-refractivity contribution in [1.29, 1.82) is 0 Å². The number of nitrogens with zero attached hydrogens (tertiary/aromatic N) is 1. The highest BCUT2D eigenvalue weighted by Crippen LogP contribution is 2.26. The summed E-state index contributed by atoms with van der Waals surface area (Å²) < 4.78 is 6.40. The van der Waals surface area contributed by atoms with E-state index in [-0.39, 0.29) is 5.91 Å². The van der Waals surface area contributed by atoms with E-state index in [4.69, 9.17) is 4.74 Å². The molecule has 0 aliphatic rings. The average Bonchev–Trinajstić information content (AvgIpc) is 2.93. The standard InChI is InChI=1S/C19H26N2O3S/c1-19(2,3)24-18(23)20-11-7-10-17(22)21(4)12-14-13-25-16-9-6-5-8-15(14)16/h5-6,8-9,13H,7,10-12H2,1-4H3,(H,20,23). The van der Waals surface area contributed by atoms with Crippen molar-refractivity contribution < 1.29 is 14.3 Å². The summed E-state index contributed by atoms with van der Waals surface area (Å²) in [4.78, 5) is 25.5. The number of nitrogens with one attached hydrogen (secondary N) is 1. The Bertz CT molecular complexity index is 734. The summed E-state index contributed by atoms with van der Waals surface area (Å²) >= 11 is 1.70. The second-order valence-electron chi connectivity index (χ2n) is 7.04. The molecule has 0 unspecified atom stereocenters. The monoisotopic (exact) mass is 362 g/mol. The summed E-state index contributed by atoms with van der Waals surface area (Å²) in [6.07, 6.45) is 0.541. The zero-order valence-corrected chi connectivity index (χ0v) is 16.1. The second-order valence-corrected chi connectivity index (χ2v) is 7.95. The molecule has 2 amide bonds. The van der Waals surface area contributed by atoms with Crippen LogP contribution in [0.4, 0.5) is 4.79 Å². The van der Waals surface area contributed by atoms with Crippen molar-refractivity contribution in [3.63, 3.8) is 0 Å². The van der Waals surface area contributed by atoms with Crippen molar-refractivity contribution >= 4 is 33.4 Å². The van der Waals surface area contributed by atoms with E-state index in [9.17, 15) is 9.59 Å². The number of fused-ring (bicyclic) bond motifs is 1. The van der Waals surface area contributed by atoms with Gasteiger partial charge in [0.1, 0.15) is 5.60 Å². The van der Waals surface area contributed by atoms with Gasteiger partial charge in [-0.1, -0.05) is 18.2 Å². The van der Waals surface area contributed by atoms with Crippen LogP contribution in [-0.2, 0) is 16.1 Å². The molecule has 2 aromatic rings. The molecule has 0 bridgehead atoms. The van der Waals surface area contributed by atoms with E-state index in [2.05, 4.69) is 22.8 Å². The van der Waals surface area contributed by atoms with Crippen molar-refractivity contribution in [3.05, 3.63) is 35.2 Å². The van der Waals surface area contributed by atoms with Gasteiger partial charge in [-0.15, -0.1) is 11.3 Å². The zero-order chi connectivity index (χ0) is 18.4. The lowest BCUT2D eigenvalue weighted by molar-refractivity contribution is -0.130. The minimum atomic E-state index is -0.510. The van der Waals surface area contributed by atoms with Gasteiger partial charge in [-0.3, -0.25) is 4.79 Å². The molecule has 1 aromatic heterocycles. The number of alkyl carbamates (subject to hydrolysis) is 1. The summed E-state index contributed by atoms with van der Waals surface area (Å²) in [5.41, 5.74) is 0.659. The number of benzene rings is 1. The van der Waals surface area contributed by atoms with Gasteiger partial charge in [0.15, 0.2) is 0 Å². The number of thiophene rings is 1. The lowest BCUT2D eigenvalue weighted by Crippen LogP contribution is -2.33. The van der Waals surface area contributed by atoms with Gasteiger partial charge < -0.3 is 15.0 Å². The van der Waals surface area contributed by atoms with Crippen LogP contribution in [0.3, 0.4) is 0 Å². The van der Waals surface area contributed by atoms with E-state index < -0.39 is 11.7 Å². The number of amides is 2. The number of carbonyl (C=O) groups excluding carboxylic acids is 2. The summed E-state index contributed by atoms with van der Waals surface area (Å²) in [5.74, 6) is 0.0706. The zero-order valence-electron chi connectivity index (χ0n) is 15.3. The van der Waals surface area contributed by atoms with Gasteiger partial charge in [0.2, 0.25) is 5.91 Å². The van der Waals surface area contributed by atoms with Crippen molar-refractivity contribution in [3.8, 4) is 0 Å². The average molecular weight is 362 g/mol. The van der Waals surface area contributed by atoms with Crippen molar-refractivity contribution in [1.82, 2.24) is 10.2 Å². The number of carbonyl (C=O) groups is 2. The molecule has 1 aromatic carbocycles. The van der Waals surface area contributed by atoms with Gasteiger partial charge >= 0.3 is 6.09 Å². The van der Waals surface area contributed by atoms with Gasteiger partial charge in [0.05, 0.1) is 0 Å². The van der Waals surface area contributed by atoms with Gasteiger partial charge in [-0.25, -0.2) is 4.79 Å². The molecule has 5 nitrogen and oxygen atoms in total. The highest BCUT2D eigenvalue weighted by atomic mass is 32.1. The smallest absolute Gasteiger partial charge is 0.407 e. The fraction of sp³-hybridized carbons (Fsp3) is 0.474. The van der Waals surface area contributed by atoms with Crippen molar-refractivity contribution in [2.24, 2.45) is 0 Å². The molecule has 0 saturated heterocycles. The number of ether oxygens (including phenoxy) is 1. The molecule has 136 valence electrons. The molecule has 2 rings (SSSR count). The van der Waals surface area contributed by atoms with E-state index in [1.807, 2.05) is 40.0 Å². The quantitative estimate of drug-likeness (QED) is 0.785. The van der Waals surface area contributed by atoms with E-state index in [1.165, 1.54) is 15.6 Å². The first kappa shape index (κ1) is 19.2. The first-order chi connectivity index (χ1) is 11.8. The van der Waals surface area contributed by atoms with Crippen LogP contribution in [0.1, 0.15) is 39.2 Å². The van der Waals surface area contributed by atoms with Gasteiger partial charge in [0, 0.05) is 31.3 Å². The molecule has 25 heavy (non-hydrogen) atoms. The number of hydrogen-bond donors (Lipinski definition) is 1. The summed E-state index contributed by atoms with van der Waals surface area (Å²) in [5, 5.41) is 5.99. The van der Waals surface area contributed by atoms with E-state index in [0.29, 0.717) is 25.9 Å². The molecule has 0 fully saturated rings. The van der Waals surface area contributed by atoms with E-state index in [1.54, 1.807) is 16.2 Å². The minimum absolute atomic E-state index is 0.0706. The summed E-state index contributed by atoms with van der Waals surface area (Å²) in [6, 6.07) is 8.22. The van der Waals surface area contributed by atoms with Crippen molar-refractivity contribution in [2.45, 2.75) is 45.8 Å². The Morgan fingerprint density at radius 1 is 1.24 bits per heavy atom. The van der Waals surface area contributed by atoms with Gasteiger partial charge in [-0.05, 0) is 49.6 Å². The number of hydrogen-bond acceptors (Lipinski definition) is 4. The van der Waals surface area contributed by atoms with E-state index >= 15 is 0 Å². The summed E-state index contributed by atoms with van der Waals surface area (Å²) in [6.45, 7) is 6.48. The highest BCUT2D eigenvalue weighted by molar-refractivity contribution is 7.17. The van der Waals surface area contributed by atoms with Gasteiger partial charge in [-0.2, -0.15) is 0 Å². The van der Waals surface area contributed by atoms with Crippen LogP contribution >= 0.6 is 11.3 Å². The topological polar surface area (TPSA) is 58.6 Å². The lowest BCUT2D eigenvalue weighted by Gasteiger charge is -2.20. The molecule has 1 heterocycles. The first-order valence-electron chi connectivity index (χ1n) is 8.42. The molecule has 0 aliphatic carbocycles. The molecule has 0 spiro atoms. The minimum Gasteiger partial charge on any atom is -0.444 e. The number of rotatable bonds is 6. The molecule has 0 saturated carbocycles. The molecule has 0 radical (unpaired) electrons. The van der Waals surface area contributed by atoms with Crippen LogP contribution in [-0.4, -0.2) is 36.1 Å². The fourth-order valence-corrected chi connectivity index (χ4v) is 3.39. The third-order valence-corrected chi connectivity index (χ3v) is 4.64. The molecular weight excluding hydrogens is 336 g/mol. The fourth-order valence-electron chi connectivity index (χ4n) is 2.43. The van der Waals surface area contributed by atoms with Crippen LogP contribution in [0.5, 0.6) is 0 Å². The third-order valence-electron chi connectivity index (χ3n) is 3.63. The molecular formula is C19H26N2O3S. The lowest BCUT2D eigenvalue weighted by atomic mass is 10.1. The SMILES string of the molecule is CN(Cc1csc2ccccc12)C(=O)CCCNC(=O)OC(C)(C)C. The third kappa shape index (κ3) is 6.05. The molecule has 0 aliphatic heterocycles. The maximum atomic E-state index is 12.3. The maximum absolute atomic E-state index is 12.3. The predicted molar refractivity (Wildman–Crippen MR) is 102 cm³/mol. The largest absolute Gasteiger partial charge is 0.444 e. The Hall–Kier alpha value is -2.08. The molecule has 1 N–H and O–H groups in total. The Labute approximate surface area is 153 Å². The normalized spacial score (nSPS) is 11.4. The first-order valence-corrected chi connectivity index (χ1v) is 9.30. The maximum Gasteiger partial charge on any atom is 0.407 e. The predicted octanol–water partition coefficient (Wildman–Crippen LogP) is 4.16. The summed E-state index contributed by atoms with van der Waals surface area (Å²) in [7, 11) is 1.82. The Balaban J connectivity index is 1.74. The Kier molecular flexibility index (Phi) is 6.42. The van der Waals surface area contributed by atoms with Crippen LogP contribution in [0.2, 0.25) is 0 Å². The van der Waals surface area contributed by atoms with Crippen LogP contribution in [0.25, 0.3) is 10.1 Å². The Morgan fingerprint density at radius 2 is 1.96 bits per heavy atom. The van der Waals surface area contributed by atoms with E-state index in [0.717, 1.165) is 0 Å². The van der Waals surface area contributed by atoms with Crippen LogP contribution < -0.4 is 5.32 Å². The van der Waals surface area contributed by atoms with Crippen molar-refractivity contribution in [2.75, 3.05) is 13.6 Å². The van der Waals surface area contributed by atoms with Gasteiger partial charge in [0.25, 0.3) is 0 Å². The van der Waals surface area contributed by atoms with Crippen LogP contribution in [0.15, 0.2) is 29.6 Å². The Morgan fingerprint density at radius 3 is 2.68 bits per heavy atom. The molecule has 0 atom stereocenters. The molecule has 6 heteroatoms. The van der Waals surface area contributed by atoms with Crippen LogP contribution in [0, 0.1) is 0 Å². The second kappa shape index (κ2) is 8.34. The highest BCUT2D eigenvalue weighted by Gasteiger charge is 2.16.